The Hall–Kier alpha value is -3.94. The molecule has 0 spiro atoms. The summed E-state index contributed by atoms with van der Waals surface area (Å²) in [6, 6.07) is 10.9. The molecule has 31 heavy (non-hydrogen) atoms. The molecule has 3 N–H and O–H groups in total. The van der Waals surface area contributed by atoms with E-state index in [0.29, 0.717) is 35.5 Å². The number of nitrogens with one attached hydrogen (secondary N) is 3. The van der Waals surface area contributed by atoms with Gasteiger partial charge in [-0.05, 0) is 54.3 Å². The number of aromatic amines is 1. The number of furan rings is 1. The summed E-state index contributed by atoms with van der Waals surface area (Å²) in [5, 5.41) is 5.32. The van der Waals surface area contributed by atoms with E-state index < -0.39 is 17.4 Å². The molecule has 158 valence electrons. The fourth-order valence-corrected chi connectivity index (χ4v) is 3.63. The third-order valence-corrected chi connectivity index (χ3v) is 5.11. The first kappa shape index (κ1) is 20.3. The second-order valence-corrected chi connectivity index (χ2v) is 8.31. The van der Waals surface area contributed by atoms with E-state index in [4.69, 9.17) is 4.42 Å². The fraction of sp³-hybridized carbons (Fsp3) is 0.217. The number of amides is 2. The average Bonchev–Trinajstić information content (AvgIpc) is 3.23. The zero-order chi connectivity index (χ0) is 22.2. The molecule has 8 nitrogen and oxygen atoms in total. The minimum absolute atomic E-state index is 0.0896. The fourth-order valence-electron chi connectivity index (χ4n) is 3.63. The molecule has 0 bridgehead atoms. The zero-order valence-electron chi connectivity index (χ0n) is 17.1. The van der Waals surface area contributed by atoms with Crippen molar-refractivity contribution in [3.05, 3.63) is 81.7 Å². The highest BCUT2D eigenvalue weighted by molar-refractivity contribution is 6.07. The van der Waals surface area contributed by atoms with Gasteiger partial charge >= 0.3 is 0 Å². The number of rotatable bonds is 4. The number of carbonyl (C=O) groups is 3. The van der Waals surface area contributed by atoms with Gasteiger partial charge in [0, 0.05) is 29.1 Å². The normalized spacial score (nSPS) is 14.6. The smallest absolute Gasteiger partial charge is 0.291 e. The van der Waals surface area contributed by atoms with E-state index in [-0.39, 0.29) is 22.5 Å². The van der Waals surface area contributed by atoms with E-state index >= 15 is 0 Å². The van der Waals surface area contributed by atoms with Crippen LogP contribution in [0.2, 0.25) is 0 Å². The molecule has 0 atom stereocenters. The van der Waals surface area contributed by atoms with E-state index in [1.165, 1.54) is 12.3 Å². The highest BCUT2D eigenvalue weighted by Crippen LogP contribution is 2.33. The van der Waals surface area contributed by atoms with Crippen molar-refractivity contribution in [1.29, 1.82) is 0 Å². The van der Waals surface area contributed by atoms with Gasteiger partial charge in [0.2, 0.25) is 0 Å². The van der Waals surface area contributed by atoms with Crippen LogP contribution in [0.3, 0.4) is 0 Å². The van der Waals surface area contributed by atoms with Crippen molar-refractivity contribution in [3.63, 3.8) is 0 Å². The molecule has 0 saturated heterocycles. The molecule has 0 unspecified atom stereocenters. The van der Waals surface area contributed by atoms with Crippen molar-refractivity contribution in [1.82, 2.24) is 4.98 Å². The first-order valence-corrected chi connectivity index (χ1v) is 9.77. The Labute approximate surface area is 177 Å². The summed E-state index contributed by atoms with van der Waals surface area (Å²) < 4.78 is 5.04. The Balaban J connectivity index is 1.49. The van der Waals surface area contributed by atoms with Gasteiger partial charge in [0.15, 0.2) is 11.5 Å². The van der Waals surface area contributed by atoms with E-state index in [1.807, 2.05) is 13.8 Å². The molecule has 3 aromatic rings. The van der Waals surface area contributed by atoms with Gasteiger partial charge in [-0.15, -0.1) is 0 Å². The molecule has 1 aliphatic rings. The maximum absolute atomic E-state index is 12.6. The molecular formula is C23H21N3O5. The van der Waals surface area contributed by atoms with Crippen molar-refractivity contribution in [2.45, 2.75) is 26.7 Å². The molecule has 0 radical (unpaired) electrons. The topological polar surface area (TPSA) is 121 Å². The largest absolute Gasteiger partial charge is 0.459 e. The molecule has 1 aliphatic carbocycles. The zero-order valence-corrected chi connectivity index (χ0v) is 17.1. The van der Waals surface area contributed by atoms with Gasteiger partial charge < -0.3 is 20.0 Å². The Kier molecular flexibility index (Phi) is 5.06. The van der Waals surface area contributed by atoms with Crippen LogP contribution in [0.25, 0.3) is 0 Å². The SMILES string of the molecule is CC1(C)CC(=O)c2cc(C(=O)Nc3ccc(NC(=O)c4ccco4)cc3)c(=O)[nH]c2C1. The lowest BCUT2D eigenvalue weighted by Gasteiger charge is -2.29. The minimum atomic E-state index is -0.617. The number of fused-ring (bicyclic) bond motifs is 1. The summed E-state index contributed by atoms with van der Waals surface area (Å²) in [6.45, 7) is 3.93. The van der Waals surface area contributed by atoms with Crippen molar-refractivity contribution in [3.8, 4) is 0 Å². The van der Waals surface area contributed by atoms with E-state index in [1.54, 1.807) is 36.4 Å². The molecule has 8 heteroatoms. The number of hydrogen-bond donors (Lipinski definition) is 3. The van der Waals surface area contributed by atoms with Crippen LogP contribution in [0.5, 0.6) is 0 Å². The Morgan fingerprint density at radius 3 is 2.23 bits per heavy atom. The standard InChI is InChI=1S/C23H21N3O5/c1-23(2)11-17-15(18(27)12-23)10-16(21(29)26-17)20(28)24-13-5-7-14(8-6-13)25-22(30)19-4-3-9-31-19/h3-10H,11-12H2,1-2H3,(H,24,28)(H,25,30)(H,26,29). The van der Waals surface area contributed by atoms with Crippen molar-refractivity contribution >= 4 is 29.0 Å². The predicted molar refractivity (Wildman–Crippen MR) is 115 cm³/mol. The molecule has 2 aromatic heterocycles. The lowest BCUT2D eigenvalue weighted by molar-refractivity contribution is 0.0909. The number of anilines is 2. The third-order valence-electron chi connectivity index (χ3n) is 5.11. The van der Waals surface area contributed by atoms with Crippen molar-refractivity contribution < 1.29 is 18.8 Å². The van der Waals surface area contributed by atoms with Gasteiger partial charge in [0.25, 0.3) is 17.4 Å². The Morgan fingerprint density at radius 2 is 1.61 bits per heavy atom. The number of aromatic nitrogens is 1. The maximum atomic E-state index is 12.6. The van der Waals surface area contributed by atoms with Crippen molar-refractivity contribution in [2.24, 2.45) is 5.41 Å². The maximum Gasteiger partial charge on any atom is 0.291 e. The Bertz CT molecular complexity index is 1220. The van der Waals surface area contributed by atoms with E-state index in [0.717, 1.165) is 0 Å². The van der Waals surface area contributed by atoms with Crippen LogP contribution in [-0.4, -0.2) is 22.6 Å². The number of benzene rings is 1. The average molecular weight is 419 g/mol. The first-order chi connectivity index (χ1) is 14.7. The molecule has 4 rings (SSSR count). The molecule has 0 aliphatic heterocycles. The lowest BCUT2D eigenvalue weighted by atomic mass is 9.75. The number of ketones is 1. The second kappa shape index (κ2) is 7.71. The van der Waals surface area contributed by atoms with Crippen molar-refractivity contribution in [2.75, 3.05) is 10.6 Å². The molecule has 0 fully saturated rings. The molecule has 1 aromatic carbocycles. The highest BCUT2D eigenvalue weighted by Gasteiger charge is 2.32. The number of carbonyl (C=O) groups excluding carboxylic acids is 3. The number of Topliss-reactive ketones (excluding diaryl/α,β-unsaturated/α-hetero) is 1. The summed E-state index contributed by atoms with van der Waals surface area (Å²) in [4.78, 5) is 52.3. The van der Waals surface area contributed by atoms with E-state index in [2.05, 4.69) is 15.6 Å². The van der Waals surface area contributed by atoms with Crippen LogP contribution in [0, 0.1) is 5.41 Å². The molecule has 2 heterocycles. The molecule has 2 amide bonds. The summed E-state index contributed by atoms with van der Waals surface area (Å²) in [6.07, 6.45) is 2.33. The van der Waals surface area contributed by atoms with Crippen LogP contribution in [0.4, 0.5) is 11.4 Å². The van der Waals surface area contributed by atoms with Crippen LogP contribution in [0.15, 0.2) is 57.9 Å². The van der Waals surface area contributed by atoms with Gasteiger partial charge in [-0.2, -0.15) is 0 Å². The number of H-pyrrole nitrogens is 1. The van der Waals surface area contributed by atoms with Gasteiger partial charge in [-0.25, -0.2) is 0 Å². The monoisotopic (exact) mass is 419 g/mol. The molecule has 0 saturated carbocycles. The highest BCUT2D eigenvalue weighted by atomic mass is 16.3. The summed E-state index contributed by atoms with van der Waals surface area (Å²) in [5.41, 5.74) is 1.01. The van der Waals surface area contributed by atoms with Crippen LogP contribution < -0.4 is 16.2 Å². The first-order valence-electron chi connectivity index (χ1n) is 9.77. The van der Waals surface area contributed by atoms with Crippen LogP contribution in [-0.2, 0) is 6.42 Å². The number of pyridine rings is 1. The summed E-state index contributed by atoms with van der Waals surface area (Å²) >= 11 is 0. The minimum Gasteiger partial charge on any atom is -0.459 e. The van der Waals surface area contributed by atoms with Gasteiger partial charge in [-0.1, -0.05) is 13.8 Å². The quantitative estimate of drug-likeness (QED) is 0.596. The van der Waals surface area contributed by atoms with Crippen LogP contribution in [0.1, 0.15) is 57.2 Å². The van der Waals surface area contributed by atoms with Gasteiger partial charge in [0.05, 0.1) is 6.26 Å². The lowest BCUT2D eigenvalue weighted by Crippen LogP contribution is -2.32. The third kappa shape index (κ3) is 4.32. The predicted octanol–water partition coefficient (Wildman–Crippen LogP) is 3.63. The van der Waals surface area contributed by atoms with Gasteiger partial charge in [-0.3, -0.25) is 19.2 Å². The Morgan fingerprint density at radius 1 is 0.968 bits per heavy atom. The van der Waals surface area contributed by atoms with E-state index in [9.17, 15) is 19.2 Å². The second-order valence-electron chi connectivity index (χ2n) is 8.31. The van der Waals surface area contributed by atoms with Gasteiger partial charge in [0.1, 0.15) is 5.56 Å². The molecular weight excluding hydrogens is 398 g/mol. The summed E-state index contributed by atoms with van der Waals surface area (Å²) in [7, 11) is 0. The summed E-state index contributed by atoms with van der Waals surface area (Å²) in [5.74, 6) is -0.917. The number of hydrogen-bond acceptors (Lipinski definition) is 5. The van der Waals surface area contributed by atoms with Crippen LogP contribution >= 0.6 is 0 Å².